The van der Waals surface area contributed by atoms with E-state index in [4.69, 9.17) is 13.1 Å². The fraction of sp³-hybridized carbons (Fsp3) is 0.0952. The first-order valence-corrected chi connectivity index (χ1v) is 8.77. The lowest BCUT2D eigenvalue weighted by atomic mass is 9.94. The molecule has 2 N–H and O–H groups in total. The first-order chi connectivity index (χ1) is 14.0. The second-order valence-corrected chi connectivity index (χ2v) is 6.25. The van der Waals surface area contributed by atoms with Crippen LogP contribution in [0.1, 0.15) is 27.2 Å². The number of carbonyl (C=O) groups is 2. The van der Waals surface area contributed by atoms with Crippen LogP contribution in [0.4, 0.5) is 5.82 Å². The van der Waals surface area contributed by atoms with Crippen LogP contribution in [0.5, 0.6) is 0 Å². The van der Waals surface area contributed by atoms with Crippen LogP contribution in [0, 0.1) is 11.3 Å². The Labute approximate surface area is 169 Å². The molecule has 140 valence electrons. The largest absolute Gasteiger partial charge is 0.347 e. The molecular formula is C21H16BN5O2. The van der Waals surface area contributed by atoms with E-state index < -0.39 is 5.91 Å². The Morgan fingerprint density at radius 3 is 2.55 bits per heavy atom. The second-order valence-electron chi connectivity index (χ2n) is 6.25. The minimum absolute atomic E-state index is 0.132. The molecule has 0 aliphatic carbocycles. The van der Waals surface area contributed by atoms with Gasteiger partial charge in [-0.25, -0.2) is 9.97 Å². The molecule has 0 saturated carbocycles. The van der Waals surface area contributed by atoms with Crippen LogP contribution >= 0.6 is 0 Å². The maximum atomic E-state index is 12.3. The summed E-state index contributed by atoms with van der Waals surface area (Å²) in [5.41, 5.74) is 2.89. The highest BCUT2D eigenvalue weighted by Crippen LogP contribution is 2.07. The van der Waals surface area contributed by atoms with Gasteiger partial charge in [0.05, 0.1) is 18.1 Å². The van der Waals surface area contributed by atoms with E-state index in [0.29, 0.717) is 11.0 Å². The molecule has 0 aliphatic rings. The van der Waals surface area contributed by atoms with E-state index in [2.05, 4.69) is 20.6 Å². The number of anilines is 1. The Morgan fingerprint density at radius 1 is 1.03 bits per heavy atom. The molecule has 0 spiro atoms. The van der Waals surface area contributed by atoms with Crippen LogP contribution in [-0.2, 0) is 17.8 Å². The highest BCUT2D eigenvalue weighted by molar-refractivity contribution is 6.32. The maximum absolute atomic E-state index is 12.3. The summed E-state index contributed by atoms with van der Waals surface area (Å²) in [6, 6.07) is 17.4. The van der Waals surface area contributed by atoms with Crippen molar-refractivity contribution in [3.63, 3.8) is 0 Å². The van der Waals surface area contributed by atoms with E-state index in [-0.39, 0.29) is 30.4 Å². The first-order valence-electron chi connectivity index (χ1n) is 8.77. The smallest absolute Gasteiger partial charge is 0.270 e. The van der Waals surface area contributed by atoms with Crippen LogP contribution < -0.4 is 16.1 Å². The molecule has 2 amide bonds. The average Bonchev–Trinajstić information content (AvgIpc) is 2.72. The van der Waals surface area contributed by atoms with Gasteiger partial charge in [0, 0.05) is 12.6 Å². The Morgan fingerprint density at radius 2 is 1.83 bits per heavy atom. The third-order valence-electron chi connectivity index (χ3n) is 4.02. The lowest BCUT2D eigenvalue weighted by Gasteiger charge is -2.08. The number of aromatic nitrogens is 2. The van der Waals surface area contributed by atoms with Gasteiger partial charge in [-0.2, -0.15) is 5.26 Å². The molecule has 2 radical (unpaired) electrons. The van der Waals surface area contributed by atoms with Gasteiger partial charge in [-0.1, -0.05) is 41.9 Å². The predicted molar refractivity (Wildman–Crippen MR) is 109 cm³/mol. The van der Waals surface area contributed by atoms with E-state index in [9.17, 15) is 9.59 Å². The molecule has 0 fully saturated rings. The van der Waals surface area contributed by atoms with E-state index in [0.717, 1.165) is 11.1 Å². The summed E-state index contributed by atoms with van der Waals surface area (Å²) >= 11 is 0. The first kappa shape index (κ1) is 19.8. The number of hydrogen-bond acceptors (Lipinski definition) is 5. The Hall–Kier alpha value is -3.99. The second kappa shape index (κ2) is 9.28. The van der Waals surface area contributed by atoms with Crippen molar-refractivity contribution >= 4 is 30.9 Å². The molecule has 0 aliphatic heterocycles. The molecule has 1 heterocycles. The van der Waals surface area contributed by atoms with Gasteiger partial charge in [0.25, 0.3) is 5.91 Å². The van der Waals surface area contributed by atoms with Crippen LogP contribution in [0.25, 0.3) is 0 Å². The summed E-state index contributed by atoms with van der Waals surface area (Å²) in [4.78, 5) is 32.5. The molecule has 3 aromatic rings. The zero-order valence-corrected chi connectivity index (χ0v) is 15.4. The Kier molecular flexibility index (Phi) is 6.33. The van der Waals surface area contributed by atoms with Crippen molar-refractivity contribution in [2.45, 2.75) is 13.0 Å². The third-order valence-corrected chi connectivity index (χ3v) is 4.02. The number of nitrogens with one attached hydrogen (secondary N) is 2. The van der Waals surface area contributed by atoms with Gasteiger partial charge >= 0.3 is 0 Å². The van der Waals surface area contributed by atoms with Crippen molar-refractivity contribution in [3.05, 3.63) is 83.3 Å². The molecule has 8 heteroatoms. The van der Waals surface area contributed by atoms with Crippen molar-refractivity contribution in [3.8, 4) is 6.07 Å². The van der Waals surface area contributed by atoms with Gasteiger partial charge in [0.1, 0.15) is 25.7 Å². The number of nitrogens with zero attached hydrogens (tertiary/aromatic N) is 3. The molecule has 7 nitrogen and oxygen atoms in total. The highest BCUT2D eigenvalue weighted by atomic mass is 16.2. The summed E-state index contributed by atoms with van der Waals surface area (Å²) in [5, 5.41) is 14.2. The van der Waals surface area contributed by atoms with E-state index >= 15 is 0 Å². The summed E-state index contributed by atoms with van der Waals surface area (Å²) in [7, 11) is 5.71. The number of amides is 2. The van der Waals surface area contributed by atoms with E-state index in [1.54, 1.807) is 48.5 Å². The third kappa shape index (κ3) is 5.74. The van der Waals surface area contributed by atoms with Crippen molar-refractivity contribution < 1.29 is 9.59 Å². The van der Waals surface area contributed by atoms with Gasteiger partial charge in [-0.05, 0) is 23.3 Å². The van der Waals surface area contributed by atoms with Crippen molar-refractivity contribution in [2.24, 2.45) is 0 Å². The normalized spacial score (nSPS) is 10.0. The summed E-state index contributed by atoms with van der Waals surface area (Å²) < 4.78 is 0. The molecule has 0 unspecified atom stereocenters. The standard InChI is InChI=1S/C21H16BN5O2/c22-17-3-1-2-16(8-17)9-20(28)27-19-10-18(25-13-26-19)21(29)24-12-15-6-4-14(11-23)5-7-15/h1-8,10,13H,9,12H2,(H,24,29)(H,25,26,27,28). The molecule has 3 rings (SSSR count). The molecule has 29 heavy (non-hydrogen) atoms. The maximum Gasteiger partial charge on any atom is 0.270 e. The highest BCUT2D eigenvalue weighted by Gasteiger charge is 2.11. The van der Waals surface area contributed by atoms with Gasteiger partial charge in [-0.15, -0.1) is 0 Å². The number of carbonyl (C=O) groups excluding carboxylic acids is 2. The molecule has 0 bridgehead atoms. The molecule has 0 atom stereocenters. The fourth-order valence-electron chi connectivity index (χ4n) is 2.60. The van der Waals surface area contributed by atoms with Gasteiger partial charge in [0.15, 0.2) is 0 Å². The fourth-order valence-corrected chi connectivity index (χ4v) is 2.60. The summed E-state index contributed by atoms with van der Waals surface area (Å²) in [6.45, 7) is 0.283. The quantitative estimate of drug-likeness (QED) is 0.625. The minimum Gasteiger partial charge on any atom is -0.347 e. The zero-order chi connectivity index (χ0) is 20.6. The average molecular weight is 381 g/mol. The number of benzene rings is 2. The lowest BCUT2D eigenvalue weighted by molar-refractivity contribution is -0.115. The molecule has 0 saturated heterocycles. The summed E-state index contributed by atoms with van der Waals surface area (Å²) in [6.07, 6.45) is 1.35. The monoisotopic (exact) mass is 381 g/mol. The zero-order valence-electron chi connectivity index (χ0n) is 15.4. The van der Waals surface area contributed by atoms with Crippen molar-refractivity contribution in [1.82, 2.24) is 15.3 Å². The molecule has 2 aromatic carbocycles. The molecule has 1 aromatic heterocycles. The number of hydrogen-bond donors (Lipinski definition) is 2. The lowest BCUT2D eigenvalue weighted by Crippen LogP contribution is -2.24. The van der Waals surface area contributed by atoms with Crippen molar-refractivity contribution in [1.29, 1.82) is 5.26 Å². The van der Waals surface area contributed by atoms with Crippen molar-refractivity contribution in [2.75, 3.05) is 5.32 Å². The Bertz CT molecular complexity index is 1080. The predicted octanol–water partition coefficient (Wildman–Crippen LogP) is 1.25. The Balaban J connectivity index is 1.58. The van der Waals surface area contributed by atoms with Crippen LogP contribution in [0.2, 0.25) is 0 Å². The van der Waals surface area contributed by atoms with Gasteiger partial charge in [-0.3, -0.25) is 9.59 Å². The number of rotatable bonds is 6. The number of nitriles is 1. The minimum atomic E-state index is -0.400. The van der Waals surface area contributed by atoms with Crippen LogP contribution in [0.15, 0.2) is 60.9 Å². The van der Waals surface area contributed by atoms with E-state index in [1.165, 1.54) is 12.4 Å². The SMILES string of the molecule is [B]c1cccc(CC(=O)Nc2cc(C(=O)NCc3ccc(C#N)cc3)ncn2)c1. The van der Waals surface area contributed by atoms with Crippen LogP contribution in [0.3, 0.4) is 0 Å². The van der Waals surface area contributed by atoms with E-state index in [1.807, 2.05) is 6.07 Å². The summed E-state index contributed by atoms with van der Waals surface area (Å²) in [5.74, 6) is -0.446. The van der Waals surface area contributed by atoms with Gasteiger partial charge in [0.2, 0.25) is 5.91 Å². The molecular weight excluding hydrogens is 365 g/mol. The van der Waals surface area contributed by atoms with Crippen LogP contribution in [-0.4, -0.2) is 29.6 Å². The van der Waals surface area contributed by atoms with Gasteiger partial charge < -0.3 is 10.6 Å². The topological polar surface area (TPSA) is 108 Å².